The first-order valence-electron chi connectivity index (χ1n) is 10.4. The molecular formula is C22H33IN4O2. The Kier molecular flexibility index (Phi) is 9.26. The summed E-state index contributed by atoms with van der Waals surface area (Å²) >= 11 is 0. The topological polar surface area (TPSA) is 69.9 Å². The van der Waals surface area contributed by atoms with Crippen LogP contribution in [0.4, 0.5) is 0 Å². The molecule has 2 heterocycles. The van der Waals surface area contributed by atoms with Gasteiger partial charge in [-0.3, -0.25) is 4.79 Å². The number of guanidine groups is 1. The van der Waals surface area contributed by atoms with Crippen LogP contribution < -0.4 is 10.6 Å². The van der Waals surface area contributed by atoms with Crippen LogP contribution in [0.3, 0.4) is 0 Å². The molecule has 160 valence electrons. The standard InChI is InChI=1S/C22H32N4O2.HI/c1-4-17(26-14-8-11-21(26)27)12-13-24-22(23-5-2)25-15-20-16(3)18-9-6-7-10-19(18)28-20;/h6-7,9-10,17H,4-5,8,11-15H2,1-3H3,(H2,23,24,25);1H. The molecule has 2 aromatic rings. The van der Waals surface area contributed by atoms with Gasteiger partial charge < -0.3 is 20.0 Å². The minimum Gasteiger partial charge on any atom is -0.459 e. The van der Waals surface area contributed by atoms with Crippen LogP contribution in [0.2, 0.25) is 0 Å². The number of aliphatic imine (C=N–C) groups is 1. The lowest BCUT2D eigenvalue weighted by Gasteiger charge is -2.27. The summed E-state index contributed by atoms with van der Waals surface area (Å²) in [5.74, 6) is 1.98. The van der Waals surface area contributed by atoms with Gasteiger partial charge in [-0.2, -0.15) is 0 Å². The maximum Gasteiger partial charge on any atom is 0.222 e. The molecule has 1 aliphatic heterocycles. The molecular weight excluding hydrogens is 479 g/mol. The number of carbonyl (C=O) groups is 1. The molecule has 3 rings (SSSR count). The molecule has 1 saturated heterocycles. The van der Waals surface area contributed by atoms with Crippen molar-refractivity contribution < 1.29 is 9.21 Å². The largest absolute Gasteiger partial charge is 0.459 e. The lowest BCUT2D eigenvalue weighted by Crippen LogP contribution is -2.42. The van der Waals surface area contributed by atoms with Crippen molar-refractivity contribution in [2.24, 2.45) is 4.99 Å². The van der Waals surface area contributed by atoms with Gasteiger partial charge >= 0.3 is 0 Å². The molecule has 1 atom stereocenters. The highest BCUT2D eigenvalue weighted by Gasteiger charge is 2.26. The third kappa shape index (κ3) is 5.87. The number of nitrogens with one attached hydrogen (secondary N) is 2. The summed E-state index contributed by atoms with van der Waals surface area (Å²) in [6, 6.07) is 8.39. The number of benzene rings is 1. The van der Waals surface area contributed by atoms with Crippen LogP contribution in [-0.4, -0.2) is 42.4 Å². The summed E-state index contributed by atoms with van der Waals surface area (Å²) in [6.45, 7) is 9.27. The van der Waals surface area contributed by atoms with Crippen molar-refractivity contribution in [1.82, 2.24) is 15.5 Å². The molecule has 1 aromatic carbocycles. The van der Waals surface area contributed by atoms with Gasteiger partial charge in [-0.15, -0.1) is 24.0 Å². The van der Waals surface area contributed by atoms with Gasteiger partial charge in [0.25, 0.3) is 0 Å². The molecule has 29 heavy (non-hydrogen) atoms. The first-order chi connectivity index (χ1) is 13.6. The predicted molar refractivity (Wildman–Crippen MR) is 129 cm³/mol. The number of nitrogens with zero attached hydrogens (tertiary/aromatic N) is 2. The van der Waals surface area contributed by atoms with Gasteiger partial charge in [-0.05, 0) is 39.2 Å². The summed E-state index contributed by atoms with van der Waals surface area (Å²) in [5, 5.41) is 7.84. The number of rotatable bonds is 8. The molecule has 1 fully saturated rings. The van der Waals surface area contributed by atoms with Crippen molar-refractivity contribution in [2.75, 3.05) is 19.6 Å². The van der Waals surface area contributed by atoms with E-state index in [4.69, 9.17) is 9.41 Å². The third-order valence-electron chi connectivity index (χ3n) is 5.46. The molecule has 0 aliphatic carbocycles. The number of fused-ring (bicyclic) bond motifs is 1. The first-order valence-corrected chi connectivity index (χ1v) is 10.4. The molecule has 0 spiro atoms. The normalized spacial score (nSPS) is 15.5. The van der Waals surface area contributed by atoms with Gasteiger partial charge in [-0.1, -0.05) is 25.1 Å². The fraction of sp³-hybridized carbons (Fsp3) is 0.545. The van der Waals surface area contributed by atoms with Crippen molar-refractivity contribution in [3.63, 3.8) is 0 Å². The van der Waals surface area contributed by atoms with E-state index < -0.39 is 0 Å². The van der Waals surface area contributed by atoms with Crippen LogP contribution in [0.1, 0.15) is 50.9 Å². The summed E-state index contributed by atoms with van der Waals surface area (Å²) < 4.78 is 5.96. The number of amides is 1. The second-order valence-corrected chi connectivity index (χ2v) is 7.31. The molecule has 0 saturated carbocycles. The van der Waals surface area contributed by atoms with E-state index >= 15 is 0 Å². The number of hydrogen-bond acceptors (Lipinski definition) is 3. The Hall–Kier alpha value is -1.77. The van der Waals surface area contributed by atoms with Gasteiger partial charge in [0.2, 0.25) is 5.91 Å². The summed E-state index contributed by atoms with van der Waals surface area (Å²) in [4.78, 5) is 18.7. The maximum absolute atomic E-state index is 12.0. The Labute approximate surface area is 190 Å². The minimum absolute atomic E-state index is 0. The number of aryl methyl sites for hydroxylation is 1. The van der Waals surface area contributed by atoms with Crippen molar-refractivity contribution in [3.05, 3.63) is 35.6 Å². The highest BCUT2D eigenvalue weighted by molar-refractivity contribution is 14.0. The number of carbonyl (C=O) groups excluding carboxylic acids is 1. The molecule has 1 amide bonds. The van der Waals surface area contributed by atoms with Crippen LogP contribution in [-0.2, 0) is 11.3 Å². The summed E-state index contributed by atoms with van der Waals surface area (Å²) in [6.07, 6.45) is 3.60. The Balaban J connectivity index is 0.00000300. The fourth-order valence-electron chi connectivity index (χ4n) is 3.86. The van der Waals surface area contributed by atoms with Gasteiger partial charge in [-0.25, -0.2) is 4.99 Å². The molecule has 1 aromatic heterocycles. The fourth-order valence-corrected chi connectivity index (χ4v) is 3.86. The van der Waals surface area contributed by atoms with Crippen LogP contribution in [0.25, 0.3) is 11.0 Å². The molecule has 0 radical (unpaired) electrons. The second-order valence-electron chi connectivity index (χ2n) is 7.31. The average molecular weight is 512 g/mol. The minimum atomic E-state index is 0. The Morgan fingerprint density at radius 2 is 2.07 bits per heavy atom. The van der Waals surface area contributed by atoms with Crippen LogP contribution in [0, 0.1) is 6.92 Å². The smallest absolute Gasteiger partial charge is 0.222 e. The van der Waals surface area contributed by atoms with Crippen LogP contribution in [0.15, 0.2) is 33.7 Å². The van der Waals surface area contributed by atoms with Gasteiger partial charge in [0.1, 0.15) is 17.9 Å². The lowest BCUT2D eigenvalue weighted by atomic mass is 10.1. The van der Waals surface area contributed by atoms with Gasteiger partial charge in [0, 0.05) is 43.0 Å². The second kappa shape index (κ2) is 11.4. The van der Waals surface area contributed by atoms with E-state index in [2.05, 4.69) is 37.5 Å². The molecule has 6 nitrogen and oxygen atoms in total. The number of furan rings is 1. The molecule has 1 aliphatic rings. The average Bonchev–Trinajstić information content (AvgIpc) is 3.27. The Bertz CT molecular complexity index is 833. The highest BCUT2D eigenvalue weighted by atomic mass is 127. The quantitative estimate of drug-likeness (QED) is 0.316. The van der Waals surface area contributed by atoms with Crippen molar-refractivity contribution >= 4 is 46.8 Å². The van der Waals surface area contributed by atoms with E-state index in [1.807, 2.05) is 23.1 Å². The van der Waals surface area contributed by atoms with Crippen molar-refractivity contribution in [1.29, 1.82) is 0 Å². The predicted octanol–water partition coefficient (Wildman–Crippen LogP) is 4.21. The van der Waals surface area contributed by atoms with E-state index in [0.717, 1.165) is 67.1 Å². The zero-order valence-corrected chi connectivity index (χ0v) is 20.0. The number of para-hydroxylation sites is 1. The van der Waals surface area contributed by atoms with Gasteiger partial charge in [0.05, 0.1) is 0 Å². The lowest BCUT2D eigenvalue weighted by molar-refractivity contribution is -0.129. The molecule has 7 heteroatoms. The van der Waals surface area contributed by atoms with Crippen LogP contribution in [0.5, 0.6) is 0 Å². The van der Waals surface area contributed by atoms with E-state index in [9.17, 15) is 4.79 Å². The number of halogens is 1. The molecule has 2 N–H and O–H groups in total. The Morgan fingerprint density at radius 3 is 2.72 bits per heavy atom. The first kappa shape index (κ1) is 23.5. The highest BCUT2D eigenvalue weighted by Crippen LogP contribution is 2.25. The zero-order chi connectivity index (χ0) is 19.9. The van der Waals surface area contributed by atoms with E-state index in [1.54, 1.807) is 0 Å². The number of likely N-dealkylation sites (tertiary alicyclic amines) is 1. The zero-order valence-electron chi connectivity index (χ0n) is 17.7. The van der Waals surface area contributed by atoms with E-state index in [-0.39, 0.29) is 24.0 Å². The third-order valence-corrected chi connectivity index (χ3v) is 5.46. The summed E-state index contributed by atoms with van der Waals surface area (Å²) in [7, 11) is 0. The number of hydrogen-bond donors (Lipinski definition) is 2. The van der Waals surface area contributed by atoms with Crippen molar-refractivity contribution in [2.45, 2.75) is 59.0 Å². The Morgan fingerprint density at radius 1 is 1.28 bits per heavy atom. The monoisotopic (exact) mass is 512 g/mol. The van der Waals surface area contributed by atoms with Gasteiger partial charge in [0.15, 0.2) is 5.96 Å². The molecule has 0 bridgehead atoms. The van der Waals surface area contributed by atoms with E-state index in [0.29, 0.717) is 24.9 Å². The van der Waals surface area contributed by atoms with E-state index in [1.165, 1.54) is 0 Å². The van der Waals surface area contributed by atoms with Crippen LogP contribution >= 0.6 is 24.0 Å². The molecule has 1 unspecified atom stereocenters. The summed E-state index contributed by atoms with van der Waals surface area (Å²) in [5.41, 5.74) is 2.05. The SMILES string of the molecule is CCNC(=NCc1oc2ccccc2c1C)NCCC(CC)N1CCCC1=O.I. The van der Waals surface area contributed by atoms with Crippen molar-refractivity contribution in [3.8, 4) is 0 Å². The maximum atomic E-state index is 12.0.